The van der Waals surface area contributed by atoms with Crippen LogP contribution < -0.4 is 21.3 Å². The normalized spacial score (nSPS) is 10.1. The molecule has 0 unspecified atom stereocenters. The smallest absolute Gasteiger partial charge is 0.326 e. The first-order valence-electron chi connectivity index (χ1n) is 7.04. The maximum atomic E-state index is 11.9. The fourth-order valence-electron chi connectivity index (χ4n) is 1.82. The molecule has 4 N–H and O–H groups in total. The predicted molar refractivity (Wildman–Crippen MR) is 88.3 cm³/mol. The molecule has 0 aliphatic rings. The van der Waals surface area contributed by atoms with E-state index in [4.69, 9.17) is 0 Å². The van der Waals surface area contributed by atoms with Gasteiger partial charge in [0.25, 0.3) is 0 Å². The largest absolute Gasteiger partial charge is 0.369 e. The highest BCUT2D eigenvalue weighted by molar-refractivity contribution is 5.98. The molecule has 1 heterocycles. The molecular weight excluding hydrogens is 280 g/mol. The molecule has 0 spiro atoms. The average Bonchev–Trinajstić information content (AvgIpc) is 2.48. The first-order chi connectivity index (χ1) is 10.7. The molecule has 0 aliphatic carbocycles. The van der Waals surface area contributed by atoms with Gasteiger partial charge in [0.05, 0.1) is 0 Å². The Bertz CT molecular complexity index is 617. The van der Waals surface area contributed by atoms with Gasteiger partial charge < -0.3 is 16.0 Å². The zero-order valence-electron chi connectivity index (χ0n) is 12.7. The zero-order valence-corrected chi connectivity index (χ0v) is 12.7. The van der Waals surface area contributed by atoms with Crippen molar-refractivity contribution < 1.29 is 4.79 Å². The Hall–Kier alpha value is -2.67. The molecule has 116 valence electrons. The lowest BCUT2D eigenvalue weighted by atomic mass is 10.3. The molecule has 0 fully saturated rings. The Kier molecular flexibility index (Phi) is 5.67. The van der Waals surface area contributed by atoms with Gasteiger partial charge in [0, 0.05) is 30.5 Å². The van der Waals surface area contributed by atoms with Crippen LogP contribution in [0.1, 0.15) is 5.69 Å². The van der Waals surface area contributed by atoms with E-state index in [0.717, 1.165) is 18.8 Å². The highest BCUT2D eigenvalue weighted by atomic mass is 16.2. The van der Waals surface area contributed by atoms with Gasteiger partial charge in [0.15, 0.2) is 0 Å². The molecule has 2 aromatic rings. The standard InChI is InChI=1S/C15H20N6O/c1-11-10-13(17-9-8-16-2)20-14(18-11)21-15(22)19-12-6-4-3-5-7-12/h3-7,10,16H,8-9H2,1-2H3,(H3,17,18,19,20,21,22). The van der Waals surface area contributed by atoms with Gasteiger partial charge in [0.1, 0.15) is 5.82 Å². The van der Waals surface area contributed by atoms with Crippen LogP contribution in [0.15, 0.2) is 36.4 Å². The molecule has 7 nitrogen and oxygen atoms in total. The van der Waals surface area contributed by atoms with Crippen molar-refractivity contribution in [1.29, 1.82) is 0 Å². The van der Waals surface area contributed by atoms with Crippen LogP contribution in [0.3, 0.4) is 0 Å². The lowest BCUT2D eigenvalue weighted by Gasteiger charge is -2.10. The second kappa shape index (κ2) is 7.94. The van der Waals surface area contributed by atoms with Gasteiger partial charge in [-0.1, -0.05) is 18.2 Å². The van der Waals surface area contributed by atoms with Crippen LogP contribution in [0.2, 0.25) is 0 Å². The summed E-state index contributed by atoms with van der Waals surface area (Å²) in [5, 5.41) is 11.6. The van der Waals surface area contributed by atoms with E-state index in [9.17, 15) is 4.79 Å². The second-order valence-electron chi connectivity index (χ2n) is 4.69. The Morgan fingerprint density at radius 1 is 1.09 bits per heavy atom. The van der Waals surface area contributed by atoms with E-state index < -0.39 is 0 Å². The number of hydrogen-bond donors (Lipinski definition) is 4. The highest BCUT2D eigenvalue weighted by Gasteiger charge is 2.07. The molecule has 22 heavy (non-hydrogen) atoms. The molecule has 2 rings (SSSR count). The van der Waals surface area contributed by atoms with Gasteiger partial charge in [-0.15, -0.1) is 0 Å². The Morgan fingerprint density at radius 3 is 2.59 bits per heavy atom. The number of rotatable bonds is 6. The summed E-state index contributed by atoms with van der Waals surface area (Å²) in [5.74, 6) is 0.943. The average molecular weight is 300 g/mol. The Labute approximate surface area is 129 Å². The molecule has 7 heteroatoms. The van der Waals surface area contributed by atoms with E-state index in [1.54, 1.807) is 12.1 Å². The number of benzene rings is 1. The van der Waals surface area contributed by atoms with E-state index in [1.165, 1.54) is 0 Å². The zero-order chi connectivity index (χ0) is 15.8. The van der Waals surface area contributed by atoms with Crippen LogP contribution in [0.4, 0.5) is 22.2 Å². The summed E-state index contributed by atoms with van der Waals surface area (Å²) in [5.41, 5.74) is 1.48. The molecule has 0 aliphatic heterocycles. The summed E-state index contributed by atoms with van der Waals surface area (Å²) in [7, 11) is 1.88. The molecular formula is C15H20N6O. The third-order valence-electron chi connectivity index (χ3n) is 2.79. The summed E-state index contributed by atoms with van der Waals surface area (Å²) in [6.07, 6.45) is 0. The number of nitrogens with zero attached hydrogens (tertiary/aromatic N) is 2. The third-order valence-corrected chi connectivity index (χ3v) is 2.79. The van der Waals surface area contributed by atoms with Crippen LogP contribution in [0, 0.1) is 6.92 Å². The third kappa shape index (κ3) is 5.02. The topological polar surface area (TPSA) is 91.0 Å². The van der Waals surface area contributed by atoms with Gasteiger partial charge in [-0.25, -0.2) is 9.78 Å². The SMILES string of the molecule is CNCCNc1cc(C)nc(NC(=O)Nc2ccccc2)n1. The minimum Gasteiger partial charge on any atom is -0.369 e. The van der Waals surface area contributed by atoms with Crippen molar-refractivity contribution in [2.45, 2.75) is 6.92 Å². The fourth-order valence-corrected chi connectivity index (χ4v) is 1.82. The molecule has 2 amide bonds. The lowest BCUT2D eigenvalue weighted by Crippen LogP contribution is -2.22. The second-order valence-corrected chi connectivity index (χ2v) is 4.69. The van der Waals surface area contributed by atoms with Gasteiger partial charge in [-0.2, -0.15) is 4.98 Å². The number of anilines is 3. The van der Waals surface area contributed by atoms with E-state index in [-0.39, 0.29) is 12.0 Å². The minimum absolute atomic E-state index is 0.264. The number of aryl methyl sites for hydroxylation is 1. The Balaban J connectivity index is 1.98. The van der Waals surface area contributed by atoms with Crippen molar-refractivity contribution in [3.63, 3.8) is 0 Å². The molecule has 1 aromatic carbocycles. The number of carbonyl (C=O) groups excluding carboxylic acids is 1. The van der Waals surface area contributed by atoms with E-state index in [2.05, 4.69) is 31.2 Å². The summed E-state index contributed by atoms with van der Waals surface area (Å²) < 4.78 is 0. The number of urea groups is 1. The maximum Gasteiger partial charge on any atom is 0.326 e. The molecule has 0 radical (unpaired) electrons. The lowest BCUT2D eigenvalue weighted by molar-refractivity contribution is 0.262. The van der Waals surface area contributed by atoms with E-state index >= 15 is 0 Å². The quantitative estimate of drug-likeness (QED) is 0.613. The van der Waals surface area contributed by atoms with Crippen molar-refractivity contribution in [3.05, 3.63) is 42.1 Å². The van der Waals surface area contributed by atoms with Crippen LogP contribution in [0.25, 0.3) is 0 Å². The predicted octanol–water partition coefficient (Wildman–Crippen LogP) is 2.06. The summed E-state index contributed by atoms with van der Waals surface area (Å²) >= 11 is 0. The Morgan fingerprint density at radius 2 is 1.86 bits per heavy atom. The van der Waals surface area contributed by atoms with E-state index in [1.807, 2.05) is 38.2 Å². The monoisotopic (exact) mass is 300 g/mol. The molecule has 0 saturated carbocycles. The van der Waals surface area contributed by atoms with Gasteiger partial charge in [-0.3, -0.25) is 5.32 Å². The molecule has 1 aromatic heterocycles. The van der Waals surface area contributed by atoms with Gasteiger partial charge in [-0.05, 0) is 26.1 Å². The molecule has 0 saturated heterocycles. The number of aromatic nitrogens is 2. The number of nitrogens with one attached hydrogen (secondary N) is 4. The van der Waals surface area contributed by atoms with Crippen LogP contribution >= 0.6 is 0 Å². The van der Waals surface area contributed by atoms with Crippen molar-refractivity contribution in [3.8, 4) is 0 Å². The molecule has 0 atom stereocenters. The van der Waals surface area contributed by atoms with Crippen molar-refractivity contribution >= 4 is 23.5 Å². The number of para-hydroxylation sites is 1. The first kappa shape index (κ1) is 15.7. The summed E-state index contributed by atoms with van der Waals surface area (Å²) in [6, 6.07) is 10.7. The van der Waals surface area contributed by atoms with Crippen LogP contribution in [0.5, 0.6) is 0 Å². The van der Waals surface area contributed by atoms with Crippen LogP contribution in [-0.4, -0.2) is 36.1 Å². The van der Waals surface area contributed by atoms with Crippen molar-refractivity contribution in [2.24, 2.45) is 0 Å². The first-order valence-corrected chi connectivity index (χ1v) is 7.04. The molecule has 0 bridgehead atoms. The van der Waals surface area contributed by atoms with Crippen molar-refractivity contribution in [2.75, 3.05) is 36.1 Å². The van der Waals surface area contributed by atoms with Gasteiger partial charge >= 0.3 is 6.03 Å². The van der Waals surface area contributed by atoms with Crippen LogP contribution in [-0.2, 0) is 0 Å². The summed E-state index contributed by atoms with van der Waals surface area (Å²) in [4.78, 5) is 20.4. The number of hydrogen-bond acceptors (Lipinski definition) is 5. The van der Waals surface area contributed by atoms with Crippen molar-refractivity contribution in [1.82, 2.24) is 15.3 Å². The fraction of sp³-hybridized carbons (Fsp3) is 0.267. The maximum absolute atomic E-state index is 11.9. The number of carbonyl (C=O) groups is 1. The highest BCUT2D eigenvalue weighted by Crippen LogP contribution is 2.10. The minimum atomic E-state index is -0.377. The number of amides is 2. The van der Waals surface area contributed by atoms with E-state index in [0.29, 0.717) is 11.5 Å². The number of likely N-dealkylation sites (N-methyl/N-ethyl adjacent to an activating group) is 1. The van der Waals surface area contributed by atoms with Gasteiger partial charge in [0.2, 0.25) is 5.95 Å². The summed E-state index contributed by atoms with van der Waals surface area (Å²) in [6.45, 7) is 3.41.